The van der Waals surface area contributed by atoms with Crippen molar-refractivity contribution in [1.29, 1.82) is 0 Å². The molecule has 0 amide bonds. The minimum atomic E-state index is -0.996. The van der Waals surface area contributed by atoms with E-state index >= 15 is 0 Å². The molecule has 1 rings (SSSR count). The van der Waals surface area contributed by atoms with E-state index in [-0.39, 0.29) is 18.8 Å². The molecule has 0 aliphatic carbocycles. The van der Waals surface area contributed by atoms with Gasteiger partial charge in [-0.2, -0.15) is 0 Å². The average Bonchev–Trinajstić information content (AvgIpc) is 2.32. The SMILES string of the molecule is CCCCOc1c(F)cc(CC(C)C(=O)O)cc1F. The molecule has 0 heterocycles. The molecular weight excluding hydrogens is 254 g/mol. The zero-order chi connectivity index (χ0) is 14.4. The smallest absolute Gasteiger partial charge is 0.306 e. The third-order valence-electron chi connectivity index (χ3n) is 2.77. The Bertz CT molecular complexity index is 423. The highest BCUT2D eigenvalue weighted by Gasteiger charge is 2.16. The largest absolute Gasteiger partial charge is 0.488 e. The third-order valence-corrected chi connectivity index (χ3v) is 2.77. The molecule has 0 aliphatic heterocycles. The fourth-order valence-electron chi connectivity index (χ4n) is 1.63. The second-order valence-electron chi connectivity index (χ2n) is 4.53. The molecule has 106 valence electrons. The number of hydrogen-bond donors (Lipinski definition) is 1. The van der Waals surface area contributed by atoms with E-state index in [2.05, 4.69) is 0 Å². The molecule has 1 aromatic carbocycles. The van der Waals surface area contributed by atoms with Crippen LogP contribution in [0.3, 0.4) is 0 Å². The second kappa shape index (κ2) is 7.07. The molecule has 1 aromatic rings. The quantitative estimate of drug-likeness (QED) is 0.774. The summed E-state index contributed by atoms with van der Waals surface area (Å²) in [7, 11) is 0. The van der Waals surface area contributed by atoms with Crippen molar-refractivity contribution in [2.24, 2.45) is 5.92 Å². The number of hydrogen-bond acceptors (Lipinski definition) is 2. The van der Waals surface area contributed by atoms with Crippen molar-refractivity contribution in [3.05, 3.63) is 29.3 Å². The molecule has 0 radical (unpaired) electrons. The predicted octanol–water partition coefficient (Wildman–Crippen LogP) is 3.41. The van der Waals surface area contributed by atoms with Crippen molar-refractivity contribution >= 4 is 5.97 Å². The van der Waals surface area contributed by atoms with Gasteiger partial charge in [0.15, 0.2) is 17.4 Å². The van der Waals surface area contributed by atoms with Crippen molar-refractivity contribution in [3.8, 4) is 5.75 Å². The van der Waals surface area contributed by atoms with E-state index < -0.39 is 23.5 Å². The van der Waals surface area contributed by atoms with Crippen LogP contribution in [0.4, 0.5) is 8.78 Å². The van der Waals surface area contributed by atoms with Crippen LogP contribution in [0.2, 0.25) is 0 Å². The Kier molecular flexibility index (Phi) is 5.73. The van der Waals surface area contributed by atoms with Gasteiger partial charge in [0.25, 0.3) is 0 Å². The van der Waals surface area contributed by atoms with E-state index in [4.69, 9.17) is 9.84 Å². The van der Waals surface area contributed by atoms with Crippen molar-refractivity contribution < 1.29 is 23.4 Å². The normalized spacial score (nSPS) is 12.2. The number of aliphatic carboxylic acids is 1. The van der Waals surface area contributed by atoms with Gasteiger partial charge in [-0.3, -0.25) is 4.79 Å². The zero-order valence-corrected chi connectivity index (χ0v) is 11.1. The molecule has 5 heteroatoms. The molecule has 1 N–H and O–H groups in total. The molecular formula is C14H18F2O3. The summed E-state index contributed by atoms with van der Waals surface area (Å²) in [6.07, 6.45) is 1.67. The highest BCUT2D eigenvalue weighted by atomic mass is 19.1. The molecule has 0 fully saturated rings. The summed E-state index contributed by atoms with van der Waals surface area (Å²) < 4.78 is 32.4. The Balaban J connectivity index is 2.81. The van der Waals surface area contributed by atoms with E-state index in [0.717, 1.165) is 25.0 Å². The van der Waals surface area contributed by atoms with E-state index in [9.17, 15) is 13.6 Å². The van der Waals surface area contributed by atoms with Crippen molar-refractivity contribution in [2.45, 2.75) is 33.1 Å². The topological polar surface area (TPSA) is 46.5 Å². The van der Waals surface area contributed by atoms with Crippen LogP contribution in [0.1, 0.15) is 32.3 Å². The van der Waals surface area contributed by atoms with Crippen LogP contribution < -0.4 is 4.74 Å². The lowest BCUT2D eigenvalue weighted by molar-refractivity contribution is -0.141. The molecule has 0 saturated carbocycles. The van der Waals surface area contributed by atoms with E-state index in [1.54, 1.807) is 0 Å². The maximum Gasteiger partial charge on any atom is 0.306 e. The zero-order valence-electron chi connectivity index (χ0n) is 11.1. The van der Waals surface area contributed by atoms with Gasteiger partial charge in [0.1, 0.15) is 0 Å². The molecule has 0 bridgehead atoms. The Morgan fingerprint density at radius 1 is 1.37 bits per heavy atom. The molecule has 0 saturated heterocycles. The Morgan fingerprint density at radius 2 is 1.95 bits per heavy atom. The predicted molar refractivity (Wildman–Crippen MR) is 67.3 cm³/mol. The number of ether oxygens (including phenoxy) is 1. The summed E-state index contributed by atoms with van der Waals surface area (Å²) in [5.41, 5.74) is 0.313. The van der Waals surface area contributed by atoms with Crippen LogP contribution in [-0.4, -0.2) is 17.7 Å². The second-order valence-corrected chi connectivity index (χ2v) is 4.53. The van der Waals surface area contributed by atoms with Crippen LogP contribution in [0.5, 0.6) is 5.75 Å². The first kappa shape index (κ1) is 15.4. The Labute approximate surface area is 111 Å². The Morgan fingerprint density at radius 3 is 2.42 bits per heavy atom. The lowest BCUT2D eigenvalue weighted by Gasteiger charge is -2.11. The van der Waals surface area contributed by atoms with E-state index in [1.165, 1.54) is 6.92 Å². The van der Waals surface area contributed by atoms with Gasteiger partial charge in [-0.05, 0) is 30.5 Å². The standard InChI is InChI=1S/C14H18F2O3/c1-3-4-5-19-13-11(15)7-10(8-12(13)16)6-9(2)14(17)18/h7-9H,3-6H2,1-2H3,(H,17,18). The van der Waals surface area contributed by atoms with Gasteiger partial charge >= 0.3 is 5.97 Å². The van der Waals surface area contributed by atoms with Crippen molar-refractivity contribution in [2.75, 3.05) is 6.61 Å². The molecule has 1 unspecified atom stereocenters. The van der Waals surface area contributed by atoms with Crippen molar-refractivity contribution in [1.82, 2.24) is 0 Å². The number of benzene rings is 1. The monoisotopic (exact) mass is 272 g/mol. The van der Waals surface area contributed by atoms with Crippen LogP contribution in [0, 0.1) is 17.6 Å². The van der Waals surface area contributed by atoms with Crippen LogP contribution in [0.15, 0.2) is 12.1 Å². The van der Waals surface area contributed by atoms with Crippen molar-refractivity contribution in [3.63, 3.8) is 0 Å². The van der Waals surface area contributed by atoms with Gasteiger partial charge in [-0.1, -0.05) is 20.3 Å². The van der Waals surface area contributed by atoms with Crippen LogP contribution >= 0.6 is 0 Å². The van der Waals surface area contributed by atoms with Crippen LogP contribution in [0.25, 0.3) is 0 Å². The highest BCUT2D eigenvalue weighted by Crippen LogP contribution is 2.25. The molecule has 0 aromatic heterocycles. The third kappa shape index (κ3) is 4.50. The Hall–Kier alpha value is -1.65. The summed E-state index contributed by atoms with van der Waals surface area (Å²) in [5, 5.41) is 8.77. The summed E-state index contributed by atoms with van der Waals surface area (Å²) in [5.74, 6) is -3.65. The summed E-state index contributed by atoms with van der Waals surface area (Å²) in [6.45, 7) is 3.70. The lowest BCUT2D eigenvalue weighted by atomic mass is 10.0. The van der Waals surface area contributed by atoms with Gasteiger partial charge in [-0.25, -0.2) is 8.78 Å². The molecule has 0 aliphatic rings. The number of carbonyl (C=O) groups is 1. The summed E-state index contributed by atoms with van der Waals surface area (Å²) in [6, 6.07) is 2.26. The maximum absolute atomic E-state index is 13.7. The number of rotatable bonds is 7. The lowest BCUT2D eigenvalue weighted by Crippen LogP contribution is -2.13. The van der Waals surface area contributed by atoms with E-state index in [0.29, 0.717) is 5.56 Å². The van der Waals surface area contributed by atoms with Gasteiger partial charge in [0.05, 0.1) is 12.5 Å². The number of carboxylic acids is 1. The molecule has 19 heavy (non-hydrogen) atoms. The van der Waals surface area contributed by atoms with Crippen LogP contribution in [-0.2, 0) is 11.2 Å². The first-order valence-corrected chi connectivity index (χ1v) is 6.29. The maximum atomic E-state index is 13.7. The minimum absolute atomic E-state index is 0.0818. The van der Waals surface area contributed by atoms with E-state index in [1.807, 2.05) is 6.92 Å². The first-order valence-electron chi connectivity index (χ1n) is 6.29. The van der Waals surface area contributed by atoms with Gasteiger partial charge in [0.2, 0.25) is 0 Å². The summed E-state index contributed by atoms with van der Waals surface area (Å²) in [4.78, 5) is 10.7. The minimum Gasteiger partial charge on any atom is -0.488 e. The number of carboxylic acid groups (broad SMARTS) is 1. The first-order chi connectivity index (χ1) is 8.95. The molecule has 3 nitrogen and oxygen atoms in total. The van der Waals surface area contributed by atoms with Gasteiger partial charge in [0, 0.05) is 0 Å². The average molecular weight is 272 g/mol. The summed E-state index contributed by atoms with van der Waals surface area (Å²) >= 11 is 0. The number of unbranched alkanes of at least 4 members (excludes halogenated alkanes) is 1. The van der Waals surface area contributed by atoms with Gasteiger partial charge in [-0.15, -0.1) is 0 Å². The molecule has 0 spiro atoms. The highest BCUT2D eigenvalue weighted by molar-refractivity contribution is 5.69. The molecule has 1 atom stereocenters. The van der Waals surface area contributed by atoms with Gasteiger partial charge < -0.3 is 9.84 Å². The fourth-order valence-corrected chi connectivity index (χ4v) is 1.63. The fraction of sp³-hybridized carbons (Fsp3) is 0.500. The number of halogens is 2.